The van der Waals surface area contributed by atoms with Crippen LogP contribution in [0.1, 0.15) is 30.5 Å². The van der Waals surface area contributed by atoms with Crippen molar-refractivity contribution < 1.29 is 9.47 Å². The summed E-state index contributed by atoms with van der Waals surface area (Å²) in [6, 6.07) is 25.9. The van der Waals surface area contributed by atoms with E-state index in [0.717, 1.165) is 17.9 Å². The Morgan fingerprint density at radius 3 is 2.42 bits per heavy atom. The minimum absolute atomic E-state index is 0.187. The third-order valence-electron chi connectivity index (χ3n) is 6.29. The van der Waals surface area contributed by atoms with Crippen molar-refractivity contribution in [2.45, 2.75) is 25.6 Å². The largest absolute Gasteiger partial charge is 0.463 e. The van der Waals surface area contributed by atoms with E-state index >= 15 is 0 Å². The minimum Gasteiger partial charge on any atom is -0.463 e. The third kappa shape index (κ3) is 3.05. The lowest BCUT2D eigenvalue weighted by Crippen LogP contribution is -2.24. The lowest BCUT2D eigenvalue weighted by Gasteiger charge is -2.30. The summed E-state index contributed by atoms with van der Waals surface area (Å²) in [6.07, 6.45) is 4.52. The number of hydrogen-bond donors (Lipinski definition) is 0. The Bertz CT molecular complexity index is 1390. The Hall–Kier alpha value is -3.43. The van der Waals surface area contributed by atoms with Gasteiger partial charge in [0.15, 0.2) is 0 Å². The highest BCUT2D eigenvalue weighted by atomic mass is 16.7. The molecule has 5 aromatic rings. The topological polar surface area (TPSA) is 31.4 Å². The second-order valence-electron chi connectivity index (χ2n) is 8.10. The van der Waals surface area contributed by atoms with Gasteiger partial charge in [0, 0.05) is 25.1 Å². The van der Waals surface area contributed by atoms with Crippen molar-refractivity contribution in [1.29, 1.82) is 0 Å². The molecule has 0 spiro atoms. The van der Waals surface area contributed by atoms with Gasteiger partial charge in [0.05, 0.1) is 0 Å². The van der Waals surface area contributed by atoms with Crippen LogP contribution >= 0.6 is 0 Å². The van der Waals surface area contributed by atoms with Gasteiger partial charge in [-0.3, -0.25) is 4.98 Å². The second-order valence-corrected chi connectivity index (χ2v) is 8.10. The van der Waals surface area contributed by atoms with Crippen molar-refractivity contribution in [2.24, 2.45) is 0 Å². The highest BCUT2D eigenvalue weighted by molar-refractivity contribution is 6.23. The molecule has 0 saturated heterocycles. The zero-order valence-electron chi connectivity index (χ0n) is 17.4. The van der Waals surface area contributed by atoms with Gasteiger partial charge in [-0.05, 0) is 63.0 Å². The monoisotopic (exact) mass is 405 g/mol. The van der Waals surface area contributed by atoms with Crippen molar-refractivity contribution >= 4 is 38.1 Å². The number of rotatable bonds is 4. The van der Waals surface area contributed by atoms with E-state index in [1.807, 2.05) is 25.1 Å². The van der Waals surface area contributed by atoms with Crippen LogP contribution in [-0.4, -0.2) is 17.9 Å². The van der Waals surface area contributed by atoms with Gasteiger partial charge in [0.1, 0.15) is 11.5 Å². The molecule has 0 aliphatic carbocycles. The number of pyridine rings is 1. The molecule has 1 aliphatic rings. The average Bonchev–Trinajstić information content (AvgIpc) is 2.83. The zero-order chi connectivity index (χ0) is 20.8. The highest BCUT2D eigenvalue weighted by Gasteiger charge is 2.28. The molecule has 3 nitrogen and oxygen atoms in total. The lowest BCUT2D eigenvalue weighted by molar-refractivity contribution is -0.104. The molecule has 0 N–H and O–H groups in total. The van der Waals surface area contributed by atoms with Crippen LogP contribution in [0.4, 0.5) is 0 Å². The van der Waals surface area contributed by atoms with Crippen LogP contribution in [0, 0.1) is 0 Å². The Balaban J connectivity index is 1.56. The van der Waals surface area contributed by atoms with Crippen molar-refractivity contribution in [2.75, 3.05) is 6.61 Å². The maximum atomic E-state index is 6.17. The first-order valence-electron chi connectivity index (χ1n) is 10.9. The fourth-order valence-electron chi connectivity index (χ4n) is 4.93. The second kappa shape index (κ2) is 7.36. The van der Waals surface area contributed by atoms with Crippen molar-refractivity contribution in [3.05, 3.63) is 96.3 Å². The van der Waals surface area contributed by atoms with Crippen molar-refractivity contribution in [3.63, 3.8) is 0 Å². The van der Waals surface area contributed by atoms with Crippen LogP contribution in [0.2, 0.25) is 0 Å². The third-order valence-corrected chi connectivity index (χ3v) is 6.29. The summed E-state index contributed by atoms with van der Waals surface area (Å²) >= 11 is 0. The predicted molar refractivity (Wildman–Crippen MR) is 126 cm³/mol. The van der Waals surface area contributed by atoms with Gasteiger partial charge < -0.3 is 9.47 Å². The van der Waals surface area contributed by atoms with E-state index in [9.17, 15) is 0 Å². The molecule has 0 fully saturated rings. The number of benzene rings is 4. The fraction of sp³-hybridized carbons (Fsp3) is 0.179. The SMILES string of the molecule is CCOC1CC(c2ccc3ccc4cccc5ccc2c3c45)C=C(c2ccccn2)O1. The van der Waals surface area contributed by atoms with E-state index in [1.165, 1.54) is 37.9 Å². The summed E-state index contributed by atoms with van der Waals surface area (Å²) in [5, 5.41) is 7.86. The molecule has 2 atom stereocenters. The summed E-state index contributed by atoms with van der Waals surface area (Å²) in [5.74, 6) is 0.980. The normalized spacial score (nSPS) is 19.1. The number of hydrogen-bond acceptors (Lipinski definition) is 3. The van der Waals surface area contributed by atoms with Crippen LogP contribution in [0.25, 0.3) is 38.1 Å². The summed E-state index contributed by atoms with van der Waals surface area (Å²) in [5.41, 5.74) is 2.15. The first-order chi connectivity index (χ1) is 15.3. The van der Waals surface area contributed by atoms with Gasteiger partial charge in [-0.15, -0.1) is 0 Å². The summed E-state index contributed by atoms with van der Waals surface area (Å²) in [4.78, 5) is 4.51. The van der Waals surface area contributed by atoms with Crippen molar-refractivity contribution in [1.82, 2.24) is 4.98 Å². The van der Waals surface area contributed by atoms with Crippen LogP contribution in [-0.2, 0) is 9.47 Å². The number of nitrogens with zero attached hydrogens (tertiary/aromatic N) is 1. The Kier molecular flexibility index (Phi) is 4.36. The maximum absolute atomic E-state index is 6.17. The molecular formula is C28H23NO2. The molecule has 152 valence electrons. The maximum Gasteiger partial charge on any atom is 0.200 e. The van der Waals surface area contributed by atoms with E-state index in [1.54, 1.807) is 6.20 Å². The van der Waals surface area contributed by atoms with Gasteiger partial charge in [-0.1, -0.05) is 60.7 Å². The zero-order valence-corrected chi connectivity index (χ0v) is 17.4. The van der Waals surface area contributed by atoms with Gasteiger partial charge in [-0.2, -0.15) is 0 Å². The van der Waals surface area contributed by atoms with E-state index in [-0.39, 0.29) is 12.2 Å². The quantitative estimate of drug-likeness (QED) is 0.305. The van der Waals surface area contributed by atoms with Crippen LogP contribution < -0.4 is 0 Å². The standard InChI is InChI=1S/C28H23NO2/c1-2-30-26-17-21(16-25(31-26)24-8-3-4-15-29-24)22-13-11-20-10-9-18-6-5-7-19-12-14-23(22)28(20)27(18)19/h3-16,21,26H,2,17H2,1H3. The Labute approximate surface area is 181 Å². The summed E-state index contributed by atoms with van der Waals surface area (Å²) < 4.78 is 12.1. The molecule has 2 heterocycles. The van der Waals surface area contributed by atoms with Gasteiger partial charge in [0.25, 0.3) is 0 Å². The van der Waals surface area contributed by atoms with Crippen molar-refractivity contribution in [3.8, 4) is 0 Å². The summed E-state index contributed by atoms with van der Waals surface area (Å²) in [7, 11) is 0. The molecule has 2 unspecified atom stereocenters. The molecule has 0 radical (unpaired) electrons. The minimum atomic E-state index is -0.282. The average molecular weight is 405 g/mol. The molecule has 1 aromatic heterocycles. The molecule has 6 rings (SSSR count). The first-order valence-corrected chi connectivity index (χ1v) is 10.9. The van der Waals surface area contributed by atoms with E-state index in [0.29, 0.717) is 6.61 Å². The molecule has 0 amide bonds. The molecule has 1 aliphatic heterocycles. The predicted octanol–water partition coefficient (Wildman–Crippen LogP) is 6.89. The van der Waals surface area contributed by atoms with Gasteiger partial charge >= 0.3 is 0 Å². The molecule has 0 bridgehead atoms. The van der Waals surface area contributed by atoms with Gasteiger partial charge in [0.2, 0.25) is 6.29 Å². The molecule has 0 saturated carbocycles. The molecular weight excluding hydrogens is 382 g/mol. The van der Waals surface area contributed by atoms with Crippen LogP contribution in [0.15, 0.2) is 85.1 Å². The van der Waals surface area contributed by atoms with E-state index in [2.05, 4.69) is 65.7 Å². The first kappa shape index (κ1) is 18.3. The fourth-order valence-corrected chi connectivity index (χ4v) is 4.93. The van der Waals surface area contributed by atoms with E-state index < -0.39 is 0 Å². The van der Waals surface area contributed by atoms with Gasteiger partial charge in [-0.25, -0.2) is 0 Å². The molecule has 4 aromatic carbocycles. The number of aromatic nitrogens is 1. The molecule has 31 heavy (non-hydrogen) atoms. The van der Waals surface area contributed by atoms with Crippen LogP contribution in [0.5, 0.6) is 0 Å². The lowest BCUT2D eigenvalue weighted by atomic mass is 9.85. The Morgan fingerprint density at radius 2 is 1.65 bits per heavy atom. The summed E-state index contributed by atoms with van der Waals surface area (Å²) in [6.45, 7) is 2.62. The highest BCUT2D eigenvalue weighted by Crippen LogP contribution is 2.41. The molecule has 3 heteroatoms. The number of ether oxygens (including phenoxy) is 2. The number of allylic oxidation sites excluding steroid dienone is 1. The van der Waals surface area contributed by atoms with E-state index in [4.69, 9.17) is 9.47 Å². The smallest absolute Gasteiger partial charge is 0.200 e. The Morgan fingerprint density at radius 1 is 0.871 bits per heavy atom. The van der Waals surface area contributed by atoms with Crippen LogP contribution in [0.3, 0.4) is 0 Å².